The van der Waals surface area contributed by atoms with E-state index in [9.17, 15) is 4.79 Å². The molecule has 3 aliphatic rings. The number of hydrogen-bond donors (Lipinski definition) is 1. The van der Waals surface area contributed by atoms with Crippen LogP contribution in [0.25, 0.3) is 0 Å². The standard InChI is InChI=1S/C26H33N3O/c30-26(29-14-1-2-15-29)22-8-6-20(7-9-22)19-27-24-12-16-28(17-13-24)25-11-10-21-4-3-5-23(21)18-25/h6-11,18,24,27H,1-5,12-17,19H2. The van der Waals surface area contributed by atoms with Crippen LogP contribution in [-0.2, 0) is 19.4 Å². The smallest absolute Gasteiger partial charge is 0.253 e. The van der Waals surface area contributed by atoms with Gasteiger partial charge in [-0.25, -0.2) is 0 Å². The molecule has 1 N–H and O–H groups in total. The van der Waals surface area contributed by atoms with E-state index in [0.29, 0.717) is 6.04 Å². The van der Waals surface area contributed by atoms with Gasteiger partial charge in [0.1, 0.15) is 0 Å². The van der Waals surface area contributed by atoms with Crippen molar-refractivity contribution in [3.8, 4) is 0 Å². The number of likely N-dealkylation sites (tertiary alicyclic amines) is 1. The molecule has 0 spiro atoms. The van der Waals surface area contributed by atoms with Crippen LogP contribution in [0.1, 0.15) is 59.2 Å². The summed E-state index contributed by atoms with van der Waals surface area (Å²) in [6.07, 6.45) is 8.47. The highest BCUT2D eigenvalue weighted by Gasteiger charge is 2.21. The Morgan fingerprint density at radius 1 is 0.867 bits per heavy atom. The maximum atomic E-state index is 12.5. The van der Waals surface area contributed by atoms with Gasteiger partial charge in [0.2, 0.25) is 0 Å². The summed E-state index contributed by atoms with van der Waals surface area (Å²) < 4.78 is 0. The van der Waals surface area contributed by atoms with Crippen molar-refractivity contribution >= 4 is 11.6 Å². The van der Waals surface area contributed by atoms with E-state index in [1.165, 1.54) is 43.4 Å². The number of hydrogen-bond acceptors (Lipinski definition) is 3. The Labute approximate surface area is 180 Å². The number of amides is 1. The van der Waals surface area contributed by atoms with Gasteiger partial charge in [-0.2, -0.15) is 0 Å². The number of carbonyl (C=O) groups is 1. The molecule has 0 radical (unpaired) electrons. The van der Waals surface area contributed by atoms with Crippen LogP contribution in [0.5, 0.6) is 0 Å². The fraction of sp³-hybridized carbons (Fsp3) is 0.500. The summed E-state index contributed by atoms with van der Waals surface area (Å²) in [5, 5.41) is 3.73. The van der Waals surface area contributed by atoms with Gasteiger partial charge in [-0.05, 0) is 85.9 Å². The summed E-state index contributed by atoms with van der Waals surface area (Å²) in [6, 6.07) is 15.9. The Balaban J connectivity index is 1.10. The molecule has 0 aromatic heterocycles. The number of carbonyl (C=O) groups excluding carboxylic acids is 1. The van der Waals surface area contributed by atoms with Gasteiger partial charge in [-0.15, -0.1) is 0 Å². The predicted molar refractivity (Wildman–Crippen MR) is 122 cm³/mol. The van der Waals surface area contributed by atoms with Crippen molar-refractivity contribution in [1.29, 1.82) is 0 Å². The highest BCUT2D eigenvalue weighted by Crippen LogP contribution is 2.28. The van der Waals surface area contributed by atoms with E-state index in [1.807, 2.05) is 17.0 Å². The van der Waals surface area contributed by atoms with Crippen LogP contribution < -0.4 is 10.2 Å². The maximum Gasteiger partial charge on any atom is 0.253 e. The SMILES string of the molecule is O=C(c1ccc(CNC2CCN(c3ccc4c(c3)CCC4)CC2)cc1)N1CCCC1. The number of piperidine rings is 1. The van der Waals surface area contributed by atoms with E-state index < -0.39 is 0 Å². The molecule has 0 atom stereocenters. The zero-order chi connectivity index (χ0) is 20.3. The Morgan fingerprint density at radius 3 is 2.37 bits per heavy atom. The van der Waals surface area contributed by atoms with Crippen LogP contribution in [-0.4, -0.2) is 43.0 Å². The van der Waals surface area contributed by atoms with Crippen molar-refractivity contribution in [2.75, 3.05) is 31.1 Å². The Kier molecular flexibility index (Phi) is 5.76. The topological polar surface area (TPSA) is 35.6 Å². The van der Waals surface area contributed by atoms with Crippen LogP contribution in [0, 0.1) is 0 Å². The minimum absolute atomic E-state index is 0.186. The monoisotopic (exact) mass is 403 g/mol. The second-order valence-corrected chi connectivity index (χ2v) is 9.15. The lowest BCUT2D eigenvalue weighted by atomic mass is 10.0. The molecule has 2 aliphatic heterocycles. The fourth-order valence-electron chi connectivity index (χ4n) is 5.23. The molecule has 5 rings (SSSR count). The lowest BCUT2D eigenvalue weighted by Crippen LogP contribution is -2.42. The summed E-state index contributed by atoms with van der Waals surface area (Å²) in [7, 11) is 0. The van der Waals surface area contributed by atoms with Crippen LogP contribution >= 0.6 is 0 Å². The normalized spacial score (nSPS) is 19.3. The molecule has 0 bridgehead atoms. The molecular weight excluding hydrogens is 370 g/mol. The van der Waals surface area contributed by atoms with Crippen LogP contribution in [0.3, 0.4) is 0 Å². The molecule has 2 heterocycles. The highest BCUT2D eigenvalue weighted by molar-refractivity contribution is 5.94. The van der Waals surface area contributed by atoms with Gasteiger partial charge in [0.15, 0.2) is 0 Å². The summed E-state index contributed by atoms with van der Waals surface area (Å²) in [4.78, 5) is 17.0. The number of aryl methyl sites for hydroxylation is 2. The number of nitrogens with one attached hydrogen (secondary N) is 1. The zero-order valence-electron chi connectivity index (χ0n) is 17.9. The first-order chi connectivity index (χ1) is 14.8. The first-order valence-corrected chi connectivity index (χ1v) is 11.7. The first-order valence-electron chi connectivity index (χ1n) is 11.7. The first kappa shape index (κ1) is 19.6. The number of rotatable bonds is 5. The number of benzene rings is 2. The average Bonchev–Trinajstić information content (AvgIpc) is 3.49. The van der Waals surface area contributed by atoms with Crippen molar-refractivity contribution in [1.82, 2.24) is 10.2 Å². The molecule has 4 nitrogen and oxygen atoms in total. The predicted octanol–water partition coefficient (Wildman–Crippen LogP) is 4.17. The van der Waals surface area contributed by atoms with E-state index in [2.05, 4.69) is 40.5 Å². The summed E-state index contributed by atoms with van der Waals surface area (Å²) in [6.45, 7) is 4.94. The second kappa shape index (κ2) is 8.81. The third kappa shape index (κ3) is 4.24. The van der Waals surface area contributed by atoms with Gasteiger partial charge in [0.25, 0.3) is 5.91 Å². The largest absolute Gasteiger partial charge is 0.371 e. The van der Waals surface area contributed by atoms with E-state index >= 15 is 0 Å². The van der Waals surface area contributed by atoms with Crippen molar-refractivity contribution in [2.45, 2.75) is 57.5 Å². The molecular formula is C26H33N3O. The summed E-state index contributed by atoms with van der Waals surface area (Å²) >= 11 is 0. The van der Waals surface area contributed by atoms with E-state index in [0.717, 1.165) is 51.1 Å². The van der Waals surface area contributed by atoms with Gasteiger partial charge in [0.05, 0.1) is 0 Å². The average molecular weight is 404 g/mol. The van der Waals surface area contributed by atoms with Crippen LogP contribution in [0.15, 0.2) is 42.5 Å². The number of fused-ring (bicyclic) bond motifs is 1. The van der Waals surface area contributed by atoms with Gasteiger partial charge in [0, 0.05) is 50.0 Å². The highest BCUT2D eigenvalue weighted by atomic mass is 16.2. The van der Waals surface area contributed by atoms with Crippen molar-refractivity contribution in [3.05, 3.63) is 64.7 Å². The lowest BCUT2D eigenvalue weighted by Gasteiger charge is -2.34. The lowest BCUT2D eigenvalue weighted by molar-refractivity contribution is 0.0793. The molecule has 2 aromatic rings. The molecule has 2 saturated heterocycles. The molecule has 0 saturated carbocycles. The molecule has 0 unspecified atom stereocenters. The zero-order valence-corrected chi connectivity index (χ0v) is 17.9. The number of nitrogens with zero attached hydrogens (tertiary/aromatic N) is 2. The molecule has 1 aliphatic carbocycles. The maximum absolute atomic E-state index is 12.5. The minimum Gasteiger partial charge on any atom is -0.371 e. The molecule has 2 aromatic carbocycles. The van der Waals surface area contributed by atoms with E-state index in [4.69, 9.17) is 0 Å². The Hall–Kier alpha value is -2.33. The summed E-state index contributed by atoms with van der Waals surface area (Å²) in [5.74, 6) is 0.186. The minimum atomic E-state index is 0.186. The Bertz CT molecular complexity index is 878. The van der Waals surface area contributed by atoms with Gasteiger partial charge >= 0.3 is 0 Å². The third-order valence-corrected chi connectivity index (χ3v) is 7.13. The van der Waals surface area contributed by atoms with Crippen molar-refractivity contribution < 1.29 is 4.79 Å². The van der Waals surface area contributed by atoms with Crippen LogP contribution in [0.2, 0.25) is 0 Å². The molecule has 30 heavy (non-hydrogen) atoms. The second-order valence-electron chi connectivity index (χ2n) is 9.15. The Morgan fingerprint density at radius 2 is 1.60 bits per heavy atom. The van der Waals surface area contributed by atoms with Crippen molar-refractivity contribution in [3.63, 3.8) is 0 Å². The van der Waals surface area contributed by atoms with Gasteiger partial charge in [-0.1, -0.05) is 18.2 Å². The quantitative estimate of drug-likeness (QED) is 0.814. The van der Waals surface area contributed by atoms with Gasteiger partial charge < -0.3 is 15.1 Å². The van der Waals surface area contributed by atoms with Gasteiger partial charge in [-0.3, -0.25) is 4.79 Å². The number of anilines is 1. The van der Waals surface area contributed by atoms with Crippen molar-refractivity contribution in [2.24, 2.45) is 0 Å². The van der Waals surface area contributed by atoms with E-state index in [-0.39, 0.29) is 5.91 Å². The molecule has 158 valence electrons. The third-order valence-electron chi connectivity index (χ3n) is 7.13. The fourth-order valence-corrected chi connectivity index (χ4v) is 5.23. The van der Waals surface area contributed by atoms with Crippen LogP contribution in [0.4, 0.5) is 5.69 Å². The summed E-state index contributed by atoms with van der Waals surface area (Å²) in [5.41, 5.74) is 6.62. The molecule has 2 fully saturated rings. The van der Waals surface area contributed by atoms with E-state index in [1.54, 1.807) is 11.1 Å². The molecule has 4 heteroatoms. The molecule has 1 amide bonds.